The average molecular weight is 403 g/mol. The number of rotatable bonds is 5. The van der Waals surface area contributed by atoms with Gasteiger partial charge in [0.1, 0.15) is 0 Å². The van der Waals surface area contributed by atoms with Gasteiger partial charge in [0.2, 0.25) is 11.8 Å². The molecular weight excluding hydrogens is 389 g/mol. The SMILES string of the molecule is C[C@H](Sc1ccc(Cl)c(C(F)(F)F)c1)C(=O)Nc1ccc(C(N)=O)cc1. The standard InChI is InChI=1S/C17H14ClF3N2O2S/c1-9(16(25)23-11-4-2-10(3-5-11)15(22)24)26-12-6-7-14(18)13(8-12)17(19,20)21/h2-9H,1H3,(H2,22,24)(H,23,25)/t9-/m0/s1. The van der Waals surface area contributed by atoms with E-state index in [9.17, 15) is 22.8 Å². The fraction of sp³-hybridized carbons (Fsp3) is 0.176. The molecule has 0 aromatic heterocycles. The smallest absolute Gasteiger partial charge is 0.366 e. The maximum Gasteiger partial charge on any atom is 0.417 e. The van der Waals surface area contributed by atoms with Gasteiger partial charge in [-0.1, -0.05) is 11.6 Å². The van der Waals surface area contributed by atoms with E-state index in [0.29, 0.717) is 11.3 Å². The van der Waals surface area contributed by atoms with E-state index in [0.717, 1.165) is 23.9 Å². The second kappa shape index (κ2) is 8.01. The molecule has 9 heteroatoms. The lowest BCUT2D eigenvalue weighted by molar-refractivity contribution is -0.137. The summed E-state index contributed by atoms with van der Waals surface area (Å²) in [4.78, 5) is 23.5. The summed E-state index contributed by atoms with van der Waals surface area (Å²) in [5, 5.41) is 1.57. The Bertz CT molecular complexity index is 826. The van der Waals surface area contributed by atoms with E-state index in [1.807, 2.05) is 0 Å². The zero-order valence-corrected chi connectivity index (χ0v) is 15.0. The topological polar surface area (TPSA) is 72.2 Å². The number of benzene rings is 2. The van der Waals surface area contributed by atoms with Crippen LogP contribution in [-0.4, -0.2) is 17.1 Å². The number of primary amides is 1. The minimum absolute atomic E-state index is 0.272. The summed E-state index contributed by atoms with van der Waals surface area (Å²) < 4.78 is 38.7. The van der Waals surface area contributed by atoms with Crippen molar-refractivity contribution in [3.05, 3.63) is 58.6 Å². The summed E-state index contributed by atoms with van der Waals surface area (Å²) >= 11 is 6.55. The van der Waals surface area contributed by atoms with Crippen molar-refractivity contribution in [1.29, 1.82) is 0 Å². The molecule has 3 N–H and O–H groups in total. The summed E-state index contributed by atoms with van der Waals surface area (Å²) in [5.41, 5.74) is 4.93. The first-order valence-electron chi connectivity index (χ1n) is 7.32. The van der Waals surface area contributed by atoms with Gasteiger partial charge >= 0.3 is 6.18 Å². The summed E-state index contributed by atoms with van der Waals surface area (Å²) in [6, 6.07) is 9.44. The number of amides is 2. The van der Waals surface area contributed by atoms with Crippen LogP contribution in [0.4, 0.5) is 18.9 Å². The Morgan fingerprint density at radius 3 is 2.31 bits per heavy atom. The molecule has 1 atom stereocenters. The highest BCUT2D eigenvalue weighted by molar-refractivity contribution is 8.00. The molecule has 0 aliphatic carbocycles. The lowest BCUT2D eigenvalue weighted by Crippen LogP contribution is -2.22. The van der Waals surface area contributed by atoms with Crippen LogP contribution in [0.1, 0.15) is 22.8 Å². The normalized spacial score (nSPS) is 12.5. The number of alkyl halides is 3. The molecule has 2 aromatic carbocycles. The molecule has 0 bridgehead atoms. The molecule has 138 valence electrons. The van der Waals surface area contributed by atoms with Gasteiger partial charge in [-0.25, -0.2) is 0 Å². The Balaban J connectivity index is 2.06. The van der Waals surface area contributed by atoms with E-state index < -0.39 is 33.8 Å². The highest BCUT2D eigenvalue weighted by Gasteiger charge is 2.33. The molecule has 0 saturated heterocycles. The number of nitrogens with two attached hydrogens (primary N) is 1. The quantitative estimate of drug-likeness (QED) is 0.719. The predicted octanol–water partition coefficient (Wildman–Crippen LogP) is 4.58. The number of carbonyl (C=O) groups excluding carboxylic acids is 2. The Morgan fingerprint density at radius 2 is 1.77 bits per heavy atom. The molecule has 4 nitrogen and oxygen atoms in total. The predicted molar refractivity (Wildman–Crippen MR) is 95.4 cm³/mol. The van der Waals surface area contributed by atoms with Gasteiger partial charge in [-0.15, -0.1) is 11.8 Å². The van der Waals surface area contributed by atoms with E-state index in [1.54, 1.807) is 6.92 Å². The number of anilines is 1. The summed E-state index contributed by atoms with van der Waals surface area (Å²) in [6.07, 6.45) is -4.57. The molecule has 2 amide bonds. The van der Waals surface area contributed by atoms with Crippen molar-refractivity contribution in [3.8, 4) is 0 Å². The molecule has 0 spiro atoms. The van der Waals surface area contributed by atoms with Gasteiger partial charge in [-0.05, 0) is 49.4 Å². The Labute approximate surface area is 156 Å². The van der Waals surface area contributed by atoms with Crippen molar-refractivity contribution < 1.29 is 22.8 Å². The summed E-state index contributed by atoms with van der Waals surface area (Å²) in [6.45, 7) is 1.57. The molecule has 0 radical (unpaired) electrons. The first kappa shape index (κ1) is 20.1. The van der Waals surface area contributed by atoms with Gasteiger partial charge in [-0.3, -0.25) is 9.59 Å². The fourth-order valence-corrected chi connectivity index (χ4v) is 3.15. The lowest BCUT2D eigenvalue weighted by atomic mass is 10.2. The van der Waals surface area contributed by atoms with Crippen LogP contribution < -0.4 is 11.1 Å². The van der Waals surface area contributed by atoms with Gasteiger partial charge < -0.3 is 11.1 Å². The van der Waals surface area contributed by atoms with Crippen LogP contribution in [0.25, 0.3) is 0 Å². The van der Waals surface area contributed by atoms with Crippen LogP contribution >= 0.6 is 23.4 Å². The molecule has 0 saturated carbocycles. The van der Waals surface area contributed by atoms with Crippen molar-refractivity contribution in [2.24, 2.45) is 5.73 Å². The van der Waals surface area contributed by atoms with Crippen molar-refractivity contribution >= 4 is 40.9 Å². The molecule has 0 aliphatic rings. The van der Waals surface area contributed by atoms with Crippen LogP contribution in [0.3, 0.4) is 0 Å². The van der Waals surface area contributed by atoms with Crippen LogP contribution in [0.2, 0.25) is 5.02 Å². The molecule has 0 fully saturated rings. The van der Waals surface area contributed by atoms with Gasteiger partial charge in [0.25, 0.3) is 0 Å². The van der Waals surface area contributed by atoms with Crippen molar-refractivity contribution in [1.82, 2.24) is 0 Å². The van der Waals surface area contributed by atoms with Gasteiger partial charge in [0.05, 0.1) is 15.8 Å². The second-order valence-electron chi connectivity index (χ2n) is 5.33. The van der Waals surface area contributed by atoms with Crippen molar-refractivity contribution in [2.45, 2.75) is 23.2 Å². The molecule has 2 aromatic rings. The zero-order valence-electron chi connectivity index (χ0n) is 13.4. The maximum absolute atomic E-state index is 12.9. The second-order valence-corrected chi connectivity index (χ2v) is 7.15. The number of thioether (sulfide) groups is 1. The summed E-state index contributed by atoms with van der Waals surface area (Å²) in [7, 11) is 0. The molecule has 2 rings (SSSR count). The molecule has 0 aliphatic heterocycles. The third-order valence-corrected chi connectivity index (χ3v) is 4.79. The van der Waals surface area contributed by atoms with Gasteiger partial charge in [-0.2, -0.15) is 13.2 Å². The van der Waals surface area contributed by atoms with E-state index in [-0.39, 0.29) is 4.90 Å². The Morgan fingerprint density at radius 1 is 1.15 bits per heavy atom. The maximum atomic E-state index is 12.9. The minimum atomic E-state index is -4.57. The Kier molecular flexibility index (Phi) is 6.20. The van der Waals surface area contributed by atoms with Crippen LogP contribution in [-0.2, 0) is 11.0 Å². The van der Waals surface area contributed by atoms with E-state index >= 15 is 0 Å². The lowest BCUT2D eigenvalue weighted by Gasteiger charge is -2.14. The highest BCUT2D eigenvalue weighted by atomic mass is 35.5. The third-order valence-electron chi connectivity index (χ3n) is 3.36. The van der Waals surface area contributed by atoms with Crippen molar-refractivity contribution in [2.75, 3.05) is 5.32 Å². The number of halogens is 4. The van der Waals surface area contributed by atoms with Gasteiger partial charge in [0.15, 0.2) is 0 Å². The summed E-state index contributed by atoms with van der Waals surface area (Å²) in [5.74, 6) is -0.986. The molecular formula is C17H14ClF3N2O2S. The van der Waals surface area contributed by atoms with E-state index in [2.05, 4.69) is 5.32 Å². The first-order valence-corrected chi connectivity index (χ1v) is 8.58. The monoisotopic (exact) mass is 402 g/mol. The number of nitrogens with one attached hydrogen (secondary N) is 1. The zero-order chi connectivity index (χ0) is 19.5. The van der Waals surface area contributed by atoms with Crippen LogP contribution in [0, 0.1) is 0 Å². The number of hydrogen-bond acceptors (Lipinski definition) is 3. The minimum Gasteiger partial charge on any atom is -0.366 e. The third kappa shape index (κ3) is 5.15. The van der Waals surface area contributed by atoms with Crippen LogP contribution in [0.15, 0.2) is 47.4 Å². The molecule has 0 unspecified atom stereocenters. The largest absolute Gasteiger partial charge is 0.417 e. The van der Waals surface area contributed by atoms with Crippen LogP contribution in [0.5, 0.6) is 0 Å². The molecule has 26 heavy (non-hydrogen) atoms. The van der Waals surface area contributed by atoms with Crippen molar-refractivity contribution in [3.63, 3.8) is 0 Å². The Hall–Kier alpha value is -2.19. The number of carbonyl (C=O) groups is 2. The first-order chi connectivity index (χ1) is 12.1. The van der Waals surface area contributed by atoms with E-state index in [1.165, 1.54) is 30.3 Å². The van der Waals surface area contributed by atoms with Gasteiger partial charge in [0, 0.05) is 16.1 Å². The molecule has 0 heterocycles. The fourth-order valence-electron chi connectivity index (χ4n) is 2.01. The number of hydrogen-bond donors (Lipinski definition) is 2. The highest BCUT2D eigenvalue weighted by Crippen LogP contribution is 2.37. The van der Waals surface area contributed by atoms with E-state index in [4.69, 9.17) is 17.3 Å². The average Bonchev–Trinajstić information content (AvgIpc) is 2.56.